The van der Waals surface area contributed by atoms with Crippen molar-refractivity contribution < 1.29 is 29.7 Å². The molecule has 118 valence electrons. The highest BCUT2D eigenvalue weighted by molar-refractivity contribution is 8.54. The van der Waals surface area contributed by atoms with Crippen LogP contribution in [0.1, 0.15) is 11.1 Å². The van der Waals surface area contributed by atoms with Crippen LogP contribution in [0.3, 0.4) is 0 Å². The highest BCUT2D eigenvalue weighted by Crippen LogP contribution is 2.56. The molecule has 0 aliphatic carbocycles. The van der Waals surface area contributed by atoms with E-state index in [1.165, 1.54) is 12.1 Å². The number of hydrogen-bond acceptors (Lipinski definition) is 5. The van der Waals surface area contributed by atoms with Crippen LogP contribution in [0.4, 0.5) is 0 Å². The van der Waals surface area contributed by atoms with Gasteiger partial charge in [0.25, 0.3) is 0 Å². The van der Waals surface area contributed by atoms with Gasteiger partial charge in [0, 0.05) is 16.5 Å². The summed E-state index contributed by atoms with van der Waals surface area (Å²) in [5.41, 5.74) is 1.16. The van der Waals surface area contributed by atoms with Crippen molar-refractivity contribution >= 4 is 18.2 Å². The van der Waals surface area contributed by atoms with Crippen LogP contribution >= 0.6 is 18.2 Å². The fourth-order valence-corrected chi connectivity index (χ4v) is 4.06. The van der Waals surface area contributed by atoms with Gasteiger partial charge in [-0.2, -0.15) is 0 Å². The van der Waals surface area contributed by atoms with Gasteiger partial charge in [-0.3, -0.25) is 0 Å². The molecule has 6 nitrogen and oxygen atoms in total. The molecule has 0 spiro atoms. The van der Waals surface area contributed by atoms with Gasteiger partial charge in [0.15, 0.2) is 0 Å². The van der Waals surface area contributed by atoms with Crippen LogP contribution in [0.25, 0.3) is 0 Å². The minimum absolute atomic E-state index is 0.122. The third-order valence-electron chi connectivity index (χ3n) is 2.96. The normalized spacial score (nSPS) is 11.5. The van der Waals surface area contributed by atoms with E-state index in [9.17, 15) is 19.9 Å². The Bertz CT molecular complexity index is 727. The van der Waals surface area contributed by atoms with Crippen molar-refractivity contribution in [2.75, 3.05) is 0 Å². The summed E-state index contributed by atoms with van der Waals surface area (Å²) in [4.78, 5) is 18.3. The Labute approximate surface area is 131 Å². The first kappa shape index (κ1) is 16.7. The van der Waals surface area contributed by atoms with Gasteiger partial charge in [-0.25, -0.2) is 4.57 Å². The van der Waals surface area contributed by atoms with E-state index in [0.717, 1.165) is 11.6 Å². The van der Waals surface area contributed by atoms with E-state index in [4.69, 9.17) is 9.79 Å². The quantitative estimate of drug-likeness (QED) is 0.530. The monoisotopic (exact) mass is 342 g/mol. The molecule has 2 aromatic rings. The Morgan fingerprint density at radius 2 is 1.68 bits per heavy atom. The summed E-state index contributed by atoms with van der Waals surface area (Å²) in [6, 6.07) is 8.94. The summed E-state index contributed by atoms with van der Waals surface area (Å²) in [5.74, 6) is -0.372. The maximum atomic E-state index is 11.2. The van der Waals surface area contributed by atoms with Crippen LogP contribution in [0.2, 0.25) is 0 Å². The zero-order valence-corrected chi connectivity index (χ0v) is 13.1. The molecule has 2 rings (SSSR count). The lowest BCUT2D eigenvalue weighted by atomic mass is 10.0. The van der Waals surface area contributed by atoms with Crippen molar-refractivity contribution in [3.63, 3.8) is 0 Å². The second kappa shape index (κ2) is 6.62. The molecular formula is C14H15O6PS. The molecule has 0 fully saturated rings. The topological polar surface area (TPSA) is 118 Å². The smallest absolute Gasteiger partial charge is 0.388 e. The molecule has 0 bridgehead atoms. The van der Waals surface area contributed by atoms with Crippen LogP contribution < -0.4 is 0 Å². The molecule has 22 heavy (non-hydrogen) atoms. The van der Waals surface area contributed by atoms with Gasteiger partial charge in [-0.05, 0) is 48.0 Å². The Morgan fingerprint density at radius 3 is 2.32 bits per heavy atom. The number of hydrogen-bond donors (Lipinski definition) is 5. The van der Waals surface area contributed by atoms with Crippen molar-refractivity contribution in [1.82, 2.24) is 0 Å². The van der Waals surface area contributed by atoms with Crippen LogP contribution in [0, 0.1) is 0 Å². The van der Waals surface area contributed by atoms with E-state index in [-0.39, 0.29) is 22.1 Å². The Hall–Kier alpha value is -1.66. The molecule has 8 heteroatoms. The minimum Gasteiger partial charge on any atom is -0.508 e. The molecule has 0 aromatic heterocycles. The first-order valence-corrected chi connectivity index (χ1v) is 9.36. The van der Waals surface area contributed by atoms with Crippen molar-refractivity contribution in [2.24, 2.45) is 0 Å². The van der Waals surface area contributed by atoms with E-state index in [0.29, 0.717) is 29.8 Å². The number of phenolic OH excluding ortho intramolecular Hbond substituents is 3. The van der Waals surface area contributed by atoms with Crippen molar-refractivity contribution in [2.45, 2.75) is 17.7 Å². The summed E-state index contributed by atoms with van der Waals surface area (Å²) in [7, 11) is 0. The molecule has 0 heterocycles. The van der Waals surface area contributed by atoms with E-state index in [1.807, 2.05) is 0 Å². The number of benzene rings is 2. The number of phenols is 3. The number of rotatable bonds is 5. The first-order chi connectivity index (χ1) is 10.2. The van der Waals surface area contributed by atoms with E-state index in [1.54, 1.807) is 18.2 Å². The average Bonchev–Trinajstić information content (AvgIpc) is 2.35. The Balaban J connectivity index is 2.27. The maximum Gasteiger partial charge on any atom is 0.388 e. The summed E-state index contributed by atoms with van der Waals surface area (Å²) < 4.78 is 11.2. The second-order valence-corrected chi connectivity index (χ2v) is 8.27. The highest BCUT2D eigenvalue weighted by Gasteiger charge is 2.21. The summed E-state index contributed by atoms with van der Waals surface area (Å²) in [6.07, 6.45) is 0.763. The largest absolute Gasteiger partial charge is 0.508 e. The summed E-state index contributed by atoms with van der Waals surface area (Å²) in [5, 5.41) is 28.8. The fraction of sp³-hybridized carbons (Fsp3) is 0.143. The predicted molar refractivity (Wildman–Crippen MR) is 83.2 cm³/mol. The van der Waals surface area contributed by atoms with Gasteiger partial charge in [-0.1, -0.05) is 12.1 Å². The maximum absolute atomic E-state index is 11.2. The zero-order chi connectivity index (χ0) is 16.3. The van der Waals surface area contributed by atoms with Crippen molar-refractivity contribution in [1.29, 1.82) is 0 Å². The van der Waals surface area contributed by atoms with Gasteiger partial charge in [-0.15, -0.1) is 0 Å². The molecule has 0 unspecified atom stereocenters. The van der Waals surface area contributed by atoms with Crippen molar-refractivity contribution in [3.05, 3.63) is 47.5 Å². The molecule has 2 aromatic carbocycles. The zero-order valence-electron chi connectivity index (χ0n) is 11.4. The lowest BCUT2D eigenvalue weighted by Gasteiger charge is -2.12. The summed E-state index contributed by atoms with van der Waals surface area (Å²) in [6.45, 7) is -4.40. The molecule has 0 amide bonds. The third kappa shape index (κ3) is 4.68. The van der Waals surface area contributed by atoms with Gasteiger partial charge in [0.2, 0.25) is 0 Å². The molecule has 0 atom stereocenters. The van der Waals surface area contributed by atoms with Crippen LogP contribution in [0.15, 0.2) is 41.3 Å². The Kier molecular flexibility index (Phi) is 5.03. The van der Waals surface area contributed by atoms with Gasteiger partial charge in [0.1, 0.15) is 17.2 Å². The molecule has 5 N–H and O–H groups in total. The lowest BCUT2D eigenvalue weighted by molar-refractivity contribution is 0.397. The fourth-order valence-electron chi connectivity index (χ4n) is 2.06. The average molecular weight is 342 g/mol. The molecule has 0 saturated heterocycles. The predicted octanol–water partition coefficient (Wildman–Crippen LogP) is 2.77. The van der Waals surface area contributed by atoms with Gasteiger partial charge >= 0.3 is 6.80 Å². The van der Waals surface area contributed by atoms with E-state index >= 15 is 0 Å². The highest BCUT2D eigenvalue weighted by atomic mass is 32.7. The first-order valence-electron chi connectivity index (χ1n) is 6.32. The van der Waals surface area contributed by atoms with Crippen LogP contribution in [-0.4, -0.2) is 25.1 Å². The van der Waals surface area contributed by atoms with Gasteiger partial charge < -0.3 is 25.1 Å². The number of aryl methyl sites for hydroxylation is 1. The molecule has 0 saturated carbocycles. The standard InChI is InChI=1S/C14H15O6PS/c15-10-3-1-2-9(6-10)4-5-12-13(17)7-11(16)8-14(12)22-21(18,19)20/h1-3,6-8,15-17H,4-5H2,(H2,18,19,20). The van der Waals surface area contributed by atoms with E-state index < -0.39 is 6.80 Å². The second-order valence-electron chi connectivity index (χ2n) is 4.69. The molecular weight excluding hydrogens is 327 g/mol. The molecule has 0 aliphatic rings. The van der Waals surface area contributed by atoms with Gasteiger partial charge in [0.05, 0.1) is 0 Å². The van der Waals surface area contributed by atoms with Crippen LogP contribution in [-0.2, 0) is 17.4 Å². The van der Waals surface area contributed by atoms with Crippen LogP contribution in [0.5, 0.6) is 17.2 Å². The summed E-state index contributed by atoms with van der Waals surface area (Å²) >= 11 is 0.291. The number of aromatic hydroxyl groups is 3. The van der Waals surface area contributed by atoms with Crippen molar-refractivity contribution in [3.8, 4) is 17.2 Å². The Morgan fingerprint density at radius 1 is 0.955 bits per heavy atom. The molecule has 0 radical (unpaired) electrons. The third-order valence-corrected chi connectivity index (χ3v) is 5.06. The molecule has 0 aliphatic heterocycles. The lowest BCUT2D eigenvalue weighted by Crippen LogP contribution is -1.95. The van der Waals surface area contributed by atoms with E-state index in [2.05, 4.69) is 0 Å². The SMILES string of the molecule is O=P(O)(O)Sc1cc(O)cc(O)c1CCc1cccc(O)c1. The minimum atomic E-state index is -4.40.